The lowest BCUT2D eigenvalue weighted by Gasteiger charge is -2.12. The predicted octanol–water partition coefficient (Wildman–Crippen LogP) is 2.56. The maximum Gasteiger partial charge on any atom is 0.276 e. The smallest absolute Gasteiger partial charge is 0.276 e. The number of hydrogen-bond donors (Lipinski definition) is 2. The largest absolute Gasteiger partial charge is 0.494 e. The Kier molecular flexibility index (Phi) is 6.07. The number of anilines is 1. The molecule has 0 spiro atoms. The molecule has 1 aromatic carbocycles. The second kappa shape index (κ2) is 9.11. The molecule has 3 aromatic heterocycles. The van der Waals surface area contributed by atoms with Crippen LogP contribution in [0.15, 0.2) is 42.7 Å². The summed E-state index contributed by atoms with van der Waals surface area (Å²) in [5, 5.41) is 7.25. The average Bonchev–Trinajstić information content (AvgIpc) is 3.37. The van der Waals surface area contributed by atoms with E-state index in [4.69, 9.17) is 10.5 Å². The van der Waals surface area contributed by atoms with Crippen LogP contribution in [0.25, 0.3) is 11.0 Å². The zero-order chi connectivity index (χ0) is 23.5. The molecule has 0 bridgehead atoms. The average molecular weight is 447 g/mol. The van der Waals surface area contributed by atoms with Gasteiger partial charge in [0.2, 0.25) is 11.9 Å². The van der Waals surface area contributed by atoms with Gasteiger partial charge in [-0.2, -0.15) is 5.10 Å². The summed E-state index contributed by atoms with van der Waals surface area (Å²) < 4.78 is 9.05. The lowest BCUT2D eigenvalue weighted by molar-refractivity contribution is 0.0995. The maximum atomic E-state index is 13.1. The molecule has 0 aliphatic heterocycles. The van der Waals surface area contributed by atoms with Crippen LogP contribution in [0.3, 0.4) is 0 Å². The van der Waals surface area contributed by atoms with Gasteiger partial charge in [0.25, 0.3) is 5.91 Å². The third-order valence-electron chi connectivity index (χ3n) is 5.32. The van der Waals surface area contributed by atoms with Crippen molar-refractivity contribution in [3.63, 3.8) is 0 Å². The van der Waals surface area contributed by atoms with Crippen LogP contribution < -0.4 is 15.8 Å². The highest BCUT2D eigenvalue weighted by Gasteiger charge is 2.21. The van der Waals surface area contributed by atoms with E-state index < -0.39 is 5.91 Å². The Morgan fingerprint density at radius 3 is 2.73 bits per heavy atom. The molecular formula is C23H25N7O3. The molecule has 0 saturated carbocycles. The summed E-state index contributed by atoms with van der Waals surface area (Å²) in [6, 6.07) is 8.76. The Morgan fingerprint density at radius 1 is 1.24 bits per heavy atom. The molecule has 4 aromatic rings. The first-order valence-electron chi connectivity index (χ1n) is 10.5. The van der Waals surface area contributed by atoms with Crippen LogP contribution in [0.5, 0.6) is 5.75 Å². The zero-order valence-corrected chi connectivity index (χ0v) is 18.7. The van der Waals surface area contributed by atoms with E-state index in [1.807, 2.05) is 30.5 Å². The number of ether oxygens (including phenoxy) is 1. The van der Waals surface area contributed by atoms with E-state index in [1.165, 1.54) is 7.11 Å². The van der Waals surface area contributed by atoms with E-state index in [0.717, 1.165) is 11.3 Å². The maximum absolute atomic E-state index is 13.1. The minimum Gasteiger partial charge on any atom is -0.494 e. The first-order valence-corrected chi connectivity index (χ1v) is 10.5. The molecule has 4 rings (SSSR count). The second-order valence-electron chi connectivity index (χ2n) is 7.55. The number of imidazole rings is 1. The first-order chi connectivity index (χ1) is 15.9. The highest BCUT2D eigenvalue weighted by molar-refractivity contribution is 6.04. The van der Waals surface area contributed by atoms with Crippen molar-refractivity contribution < 1.29 is 14.3 Å². The van der Waals surface area contributed by atoms with Gasteiger partial charge in [-0.3, -0.25) is 24.6 Å². The number of aryl methyl sites for hydroxylation is 4. The Morgan fingerprint density at radius 2 is 2.06 bits per heavy atom. The van der Waals surface area contributed by atoms with E-state index in [1.54, 1.807) is 35.3 Å². The number of aromatic nitrogens is 5. The summed E-state index contributed by atoms with van der Waals surface area (Å²) in [6.45, 7) is 4.81. The van der Waals surface area contributed by atoms with Crippen molar-refractivity contribution in [1.29, 1.82) is 0 Å². The Balaban J connectivity index is 1.79. The van der Waals surface area contributed by atoms with Gasteiger partial charge < -0.3 is 15.0 Å². The molecule has 10 nitrogen and oxygen atoms in total. The second-order valence-corrected chi connectivity index (χ2v) is 7.55. The number of benzene rings is 1. The number of pyridine rings is 1. The molecule has 0 fully saturated rings. The van der Waals surface area contributed by atoms with Gasteiger partial charge in [0.15, 0.2) is 0 Å². The van der Waals surface area contributed by atoms with E-state index in [0.29, 0.717) is 47.9 Å². The number of fused-ring (bicyclic) bond motifs is 1. The van der Waals surface area contributed by atoms with E-state index in [2.05, 4.69) is 20.4 Å². The molecule has 3 heterocycles. The predicted molar refractivity (Wildman–Crippen MR) is 123 cm³/mol. The fourth-order valence-electron chi connectivity index (χ4n) is 3.76. The van der Waals surface area contributed by atoms with Crippen LogP contribution in [0.4, 0.5) is 5.95 Å². The molecule has 0 radical (unpaired) electrons. The van der Waals surface area contributed by atoms with Crippen molar-refractivity contribution in [2.45, 2.75) is 33.4 Å². The Hall–Kier alpha value is -4.21. The van der Waals surface area contributed by atoms with Gasteiger partial charge in [-0.25, -0.2) is 4.98 Å². The van der Waals surface area contributed by atoms with Crippen LogP contribution in [-0.4, -0.2) is 43.2 Å². The fraction of sp³-hybridized carbons (Fsp3) is 0.261. The van der Waals surface area contributed by atoms with Crippen molar-refractivity contribution in [1.82, 2.24) is 24.3 Å². The molecule has 0 aliphatic carbocycles. The topological polar surface area (TPSA) is 130 Å². The van der Waals surface area contributed by atoms with Gasteiger partial charge in [0.05, 0.1) is 18.3 Å². The summed E-state index contributed by atoms with van der Waals surface area (Å²) in [5.74, 6) is -0.146. The number of nitrogens with two attached hydrogens (primary N) is 1. The van der Waals surface area contributed by atoms with Gasteiger partial charge in [-0.1, -0.05) is 6.07 Å². The number of rotatable bonds is 8. The summed E-state index contributed by atoms with van der Waals surface area (Å²) >= 11 is 0. The molecule has 10 heteroatoms. The van der Waals surface area contributed by atoms with E-state index in [9.17, 15) is 9.59 Å². The van der Waals surface area contributed by atoms with Gasteiger partial charge in [-0.05, 0) is 50.1 Å². The molecule has 33 heavy (non-hydrogen) atoms. The molecule has 0 unspecified atom stereocenters. The molecule has 2 amide bonds. The van der Waals surface area contributed by atoms with Crippen LogP contribution in [0.2, 0.25) is 0 Å². The number of carbonyl (C=O) groups excluding carboxylic acids is 2. The standard InChI is InChI=1S/C23H25N7O3/c1-4-30-18(10-14(2)28-30)22(32)27-23-26-17-11-16(21(24)31)12-19(33-3)20(17)29(23)9-7-15-6-5-8-25-13-15/h5-6,8,10-13H,4,7,9H2,1-3H3,(H2,24,31)(H,26,27,32). The molecule has 0 atom stereocenters. The van der Waals surface area contributed by atoms with Gasteiger partial charge in [0.1, 0.15) is 17.0 Å². The SMILES string of the molecule is CCn1nc(C)cc1C(=O)Nc1nc2cc(C(N)=O)cc(OC)c2n1CCc1cccnc1. The molecule has 170 valence electrons. The number of methoxy groups -OCH3 is 1. The molecule has 0 saturated heterocycles. The van der Waals surface area contributed by atoms with Crippen molar-refractivity contribution in [2.75, 3.05) is 12.4 Å². The molecular weight excluding hydrogens is 422 g/mol. The minimum absolute atomic E-state index is 0.272. The normalized spacial score (nSPS) is 11.0. The Labute approximate surface area is 190 Å². The highest BCUT2D eigenvalue weighted by atomic mass is 16.5. The lowest BCUT2D eigenvalue weighted by atomic mass is 10.1. The minimum atomic E-state index is -0.590. The van der Waals surface area contributed by atoms with Gasteiger partial charge in [0, 0.05) is 31.0 Å². The van der Waals surface area contributed by atoms with Crippen molar-refractivity contribution in [3.05, 3.63) is 65.2 Å². The number of amides is 2. The summed E-state index contributed by atoms with van der Waals surface area (Å²) in [6.07, 6.45) is 4.16. The van der Waals surface area contributed by atoms with Crippen molar-refractivity contribution >= 4 is 28.8 Å². The summed E-state index contributed by atoms with van der Waals surface area (Å²) in [4.78, 5) is 33.7. The van der Waals surface area contributed by atoms with Crippen LogP contribution in [0.1, 0.15) is 39.0 Å². The van der Waals surface area contributed by atoms with Gasteiger partial charge >= 0.3 is 0 Å². The fourth-order valence-corrected chi connectivity index (χ4v) is 3.76. The van der Waals surface area contributed by atoms with Crippen LogP contribution in [0, 0.1) is 6.92 Å². The monoisotopic (exact) mass is 447 g/mol. The van der Waals surface area contributed by atoms with Crippen molar-refractivity contribution in [2.24, 2.45) is 5.73 Å². The summed E-state index contributed by atoms with van der Waals surface area (Å²) in [5.41, 5.74) is 9.12. The van der Waals surface area contributed by atoms with E-state index >= 15 is 0 Å². The number of primary amides is 1. The van der Waals surface area contributed by atoms with Crippen LogP contribution >= 0.6 is 0 Å². The highest BCUT2D eigenvalue weighted by Crippen LogP contribution is 2.31. The number of nitrogens with zero attached hydrogens (tertiary/aromatic N) is 5. The molecule has 3 N–H and O–H groups in total. The first kappa shape index (κ1) is 22.0. The Bertz CT molecular complexity index is 1330. The number of nitrogens with one attached hydrogen (secondary N) is 1. The molecule has 0 aliphatic rings. The number of carbonyl (C=O) groups is 2. The third-order valence-corrected chi connectivity index (χ3v) is 5.32. The quantitative estimate of drug-likeness (QED) is 0.427. The summed E-state index contributed by atoms with van der Waals surface area (Å²) in [7, 11) is 1.51. The third kappa shape index (κ3) is 4.40. The number of hydrogen-bond acceptors (Lipinski definition) is 6. The zero-order valence-electron chi connectivity index (χ0n) is 18.7. The van der Waals surface area contributed by atoms with E-state index in [-0.39, 0.29) is 11.5 Å². The van der Waals surface area contributed by atoms with Crippen molar-refractivity contribution in [3.8, 4) is 5.75 Å². The lowest BCUT2D eigenvalue weighted by Crippen LogP contribution is -2.20. The van der Waals surface area contributed by atoms with Crippen LogP contribution in [-0.2, 0) is 19.5 Å². The van der Waals surface area contributed by atoms with Gasteiger partial charge in [-0.15, -0.1) is 0 Å².